The number of methoxy groups -OCH3 is 2. The molecule has 2 aliphatic rings. The number of Topliss-reactive ketones (excluding diaryl/α,β-unsaturated/α-hetero) is 1. The van der Waals surface area contributed by atoms with Crippen molar-refractivity contribution in [3.05, 3.63) is 95.3 Å². The van der Waals surface area contributed by atoms with Gasteiger partial charge in [0.25, 0.3) is 0 Å². The van der Waals surface area contributed by atoms with Crippen LogP contribution in [-0.4, -0.2) is 34.5 Å². The molecule has 7 nitrogen and oxygen atoms in total. The third kappa shape index (κ3) is 3.27. The second-order valence-electron chi connectivity index (χ2n) is 9.64. The van der Waals surface area contributed by atoms with E-state index in [1.54, 1.807) is 14.2 Å². The molecule has 1 aliphatic carbocycles. The number of benzene rings is 3. The standard InChI is InChI=1S/C30H26N4O3/c1-36-18-11-12-19(27(15-18)37-2)17-13-24-28(26(35)14-17)29(21-16-31-22-8-4-3-7-20(21)22)34-25-10-6-5-9-23(25)32-30(34)33-24/h3-12,15-17,29,31H,13-14H2,1-2H3,(H,32,33)/t17-,29-/m0/s1. The van der Waals surface area contributed by atoms with Gasteiger partial charge in [0.2, 0.25) is 5.95 Å². The number of aromatic nitrogens is 3. The van der Waals surface area contributed by atoms with E-state index in [2.05, 4.69) is 33.1 Å². The molecule has 0 amide bonds. The number of nitrogens with one attached hydrogen (secondary N) is 2. The monoisotopic (exact) mass is 490 g/mol. The van der Waals surface area contributed by atoms with Gasteiger partial charge in [0.05, 0.1) is 31.3 Å². The zero-order valence-electron chi connectivity index (χ0n) is 20.6. The van der Waals surface area contributed by atoms with Crippen LogP contribution in [0, 0.1) is 0 Å². The number of imidazole rings is 1. The van der Waals surface area contributed by atoms with E-state index in [-0.39, 0.29) is 17.7 Å². The Hall–Kier alpha value is -4.52. The molecule has 3 heterocycles. The molecule has 2 atom stereocenters. The summed E-state index contributed by atoms with van der Waals surface area (Å²) in [4.78, 5) is 22.4. The number of rotatable bonds is 4. The maximum absolute atomic E-state index is 14.0. The fourth-order valence-electron chi connectivity index (χ4n) is 6.01. The van der Waals surface area contributed by atoms with Gasteiger partial charge < -0.3 is 19.8 Å². The zero-order chi connectivity index (χ0) is 25.1. The summed E-state index contributed by atoms with van der Waals surface area (Å²) < 4.78 is 13.2. The summed E-state index contributed by atoms with van der Waals surface area (Å²) in [6, 6.07) is 21.9. The van der Waals surface area contributed by atoms with E-state index in [1.807, 2.05) is 54.7 Å². The smallest absolute Gasteiger partial charge is 0.209 e. The first-order valence-electron chi connectivity index (χ1n) is 12.4. The lowest BCUT2D eigenvalue weighted by atomic mass is 9.77. The molecule has 0 bridgehead atoms. The highest BCUT2D eigenvalue weighted by Gasteiger charge is 2.40. The Kier molecular flexibility index (Phi) is 4.86. The fraction of sp³-hybridized carbons (Fsp3) is 0.200. The van der Waals surface area contributed by atoms with Gasteiger partial charge in [-0.1, -0.05) is 36.4 Å². The second-order valence-corrected chi connectivity index (χ2v) is 9.64. The van der Waals surface area contributed by atoms with Gasteiger partial charge in [0.15, 0.2) is 5.78 Å². The number of allylic oxidation sites excluding steroid dienone is 2. The quantitative estimate of drug-likeness (QED) is 0.325. The highest BCUT2D eigenvalue weighted by molar-refractivity contribution is 6.02. The molecule has 0 unspecified atom stereocenters. The van der Waals surface area contributed by atoms with Crippen molar-refractivity contribution in [3.8, 4) is 11.5 Å². The largest absolute Gasteiger partial charge is 0.497 e. The molecule has 3 aromatic carbocycles. The number of H-pyrrole nitrogens is 1. The molecular weight excluding hydrogens is 464 g/mol. The Balaban J connectivity index is 1.41. The molecule has 5 aromatic rings. The number of carbonyl (C=O) groups excluding carboxylic acids is 1. The Bertz CT molecular complexity index is 1730. The van der Waals surface area contributed by atoms with Crippen LogP contribution in [-0.2, 0) is 4.79 Å². The highest BCUT2D eigenvalue weighted by Crippen LogP contribution is 2.48. The molecule has 37 heavy (non-hydrogen) atoms. The first-order valence-corrected chi connectivity index (χ1v) is 12.4. The van der Waals surface area contributed by atoms with Crippen molar-refractivity contribution in [2.45, 2.75) is 24.8 Å². The third-order valence-electron chi connectivity index (χ3n) is 7.69. The molecule has 7 heteroatoms. The van der Waals surface area contributed by atoms with Crippen molar-refractivity contribution >= 4 is 33.7 Å². The fourth-order valence-corrected chi connectivity index (χ4v) is 6.01. The number of para-hydroxylation sites is 3. The van der Waals surface area contributed by atoms with Crippen molar-refractivity contribution in [2.75, 3.05) is 19.5 Å². The normalized spacial score (nSPS) is 19.0. The van der Waals surface area contributed by atoms with Crippen molar-refractivity contribution in [1.82, 2.24) is 14.5 Å². The number of nitrogens with zero attached hydrogens (tertiary/aromatic N) is 2. The highest BCUT2D eigenvalue weighted by atomic mass is 16.5. The molecule has 1 aliphatic heterocycles. The lowest BCUT2D eigenvalue weighted by Gasteiger charge is -2.36. The lowest BCUT2D eigenvalue weighted by Crippen LogP contribution is -2.33. The number of hydrogen-bond donors (Lipinski definition) is 2. The van der Waals surface area contributed by atoms with Gasteiger partial charge in [-0.3, -0.25) is 9.36 Å². The van der Waals surface area contributed by atoms with Crippen LogP contribution in [0.2, 0.25) is 0 Å². The van der Waals surface area contributed by atoms with Crippen molar-refractivity contribution in [3.63, 3.8) is 0 Å². The first kappa shape index (κ1) is 21.7. The van der Waals surface area contributed by atoms with Crippen LogP contribution in [0.15, 0.2) is 84.2 Å². The van der Waals surface area contributed by atoms with Crippen LogP contribution < -0.4 is 14.8 Å². The van der Waals surface area contributed by atoms with Crippen LogP contribution in [0.25, 0.3) is 21.9 Å². The summed E-state index contributed by atoms with van der Waals surface area (Å²) in [6.45, 7) is 0. The molecule has 2 N–H and O–H groups in total. The Morgan fingerprint density at radius 1 is 0.946 bits per heavy atom. The van der Waals surface area contributed by atoms with E-state index >= 15 is 0 Å². The number of hydrogen-bond acceptors (Lipinski definition) is 5. The van der Waals surface area contributed by atoms with E-state index in [0.29, 0.717) is 12.8 Å². The molecule has 0 spiro atoms. The predicted octanol–water partition coefficient (Wildman–Crippen LogP) is 5.95. The van der Waals surface area contributed by atoms with Gasteiger partial charge in [0, 0.05) is 52.3 Å². The molecule has 2 aromatic heterocycles. The van der Waals surface area contributed by atoms with E-state index < -0.39 is 0 Å². The van der Waals surface area contributed by atoms with Gasteiger partial charge in [-0.2, -0.15) is 0 Å². The van der Waals surface area contributed by atoms with Crippen LogP contribution in [0.1, 0.15) is 35.9 Å². The Morgan fingerprint density at radius 2 is 1.78 bits per heavy atom. The Morgan fingerprint density at radius 3 is 2.65 bits per heavy atom. The lowest BCUT2D eigenvalue weighted by molar-refractivity contribution is -0.116. The first-order chi connectivity index (χ1) is 18.2. The van der Waals surface area contributed by atoms with Gasteiger partial charge in [-0.25, -0.2) is 4.98 Å². The molecule has 0 fully saturated rings. The topological polar surface area (TPSA) is 81.2 Å². The van der Waals surface area contributed by atoms with Crippen LogP contribution >= 0.6 is 0 Å². The minimum atomic E-state index is -0.277. The minimum Gasteiger partial charge on any atom is -0.497 e. The molecule has 7 rings (SSSR count). The summed E-state index contributed by atoms with van der Waals surface area (Å²) in [5.74, 6) is 2.34. The average molecular weight is 491 g/mol. The molecule has 0 radical (unpaired) electrons. The zero-order valence-corrected chi connectivity index (χ0v) is 20.6. The summed E-state index contributed by atoms with van der Waals surface area (Å²) in [5, 5.41) is 4.66. The minimum absolute atomic E-state index is 0.0147. The number of ether oxygens (including phenoxy) is 2. The van der Waals surface area contributed by atoms with Crippen molar-refractivity contribution in [2.24, 2.45) is 0 Å². The molecule has 0 saturated carbocycles. The number of carbonyl (C=O) groups is 1. The summed E-state index contributed by atoms with van der Waals surface area (Å²) in [5.41, 5.74) is 6.76. The maximum atomic E-state index is 14.0. The predicted molar refractivity (Wildman–Crippen MR) is 143 cm³/mol. The summed E-state index contributed by atoms with van der Waals surface area (Å²) >= 11 is 0. The number of anilines is 1. The van der Waals surface area contributed by atoms with Gasteiger partial charge >= 0.3 is 0 Å². The van der Waals surface area contributed by atoms with E-state index in [4.69, 9.17) is 14.5 Å². The van der Waals surface area contributed by atoms with E-state index in [0.717, 1.165) is 61.8 Å². The molecule has 184 valence electrons. The van der Waals surface area contributed by atoms with Crippen LogP contribution in [0.4, 0.5) is 5.95 Å². The number of fused-ring (bicyclic) bond motifs is 4. The second kappa shape index (κ2) is 8.27. The van der Waals surface area contributed by atoms with E-state index in [9.17, 15) is 4.79 Å². The average Bonchev–Trinajstić information content (AvgIpc) is 3.52. The number of ketones is 1. The van der Waals surface area contributed by atoms with Gasteiger partial charge in [0.1, 0.15) is 11.5 Å². The maximum Gasteiger partial charge on any atom is 0.209 e. The SMILES string of the molecule is COc1ccc([C@@H]2CC(=O)C3=C(C2)Nc2nc4ccccc4n2[C@H]3c2c[nH]c3ccccc23)c(OC)c1. The van der Waals surface area contributed by atoms with Gasteiger partial charge in [-0.05, 0) is 36.2 Å². The molecular formula is C30H26N4O3. The molecule has 0 saturated heterocycles. The third-order valence-corrected chi connectivity index (χ3v) is 7.69. The van der Waals surface area contributed by atoms with Crippen LogP contribution in [0.5, 0.6) is 11.5 Å². The van der Waals surface area contributed by atoms with Crippen LogP contribution in [0.3, 0.4) is 0 Å². The van der Waals surface area contributed by atoms with Gasteiger partial charge in [-0.15, -0.1) is 0 Å². The van der Waals surface area contributed by atoms with Crippen molar-refractivity contribution in [1.29, 1.82) is 0 Å². The Labute approximate surface area is 213 Å². The van der Waals surface area contributed by atoms with Crippen molar-refractivity contribution < 1.29 is 14.3 Å². The summed E-state index contributed by atoms with van der Waals surface area (Å²) in [6.07, 6.45) is 3.13. The summed E-state index contributed by atoms with van der Waals surface area (Å²) in [7, 11) is 3.29. The number of aromatic amines is 1. The van der Waals surface area contributed by atoms with E-state index in [1.165, 1.54) is 0 Å².